The van der Waals surface area contributed by atoms with E-state index in [1.54, 1.807) is 0 Å². The summed E-state index contributed by atoms with van der Waals surface area (Å²) < 4.78 is 53.2. The van der Waals surface area contributed by atoms with E-state index in [0.29, 0.717) is 0 Å². The molecule has 1 heterocycles. The van der Waals surface area contributed by atoms with Gasteiger partial charge in [-0.15, -0.1) is 13.2 Å². The van der Waals surface area contributed by atoms with E-state index in [4.69, 9.17) is 11.6 Å². The van der Waals surface area contributed by atoms with E-state index in [0.717, 1.165) is 24.4 Å². The maximum absolute atomic E-state index is 12.9. The predicted molar refractivity (Wildman–Crippen MR) is 75.0 cm³/mol. The highest BCUT2D eigenvalue weighted by atomic mass is 35.5. The van der Waals surface area contributed by atoms with E-state index < -0.39 is 24.1 Å². The van der Waals surface area contributed by atoms with Crippen LogP contribution in [0.25, 0.3) is 0 Å². The number of amides is 2. The lowest BCUT2D eigenvalue weighted by Crippen LogP contribution is -2.20. The van der Waals surface area contributed by atoms with Gasteiger partial charge < -0.3 is 15.4 Å². The first-order chi connectivity index (χ1) is 10.7. The standard InChI is InChI=1S/C13H8ClF4N3O2/c14-7-3-9(5-10(4-7)23-13(16,17)18)21-12(22)20-8-1-2-19-11(15)6-8/h1-6H,(H2,19,20,21,22). The molecule has 0 aliphatic rings. The Balaban J connectivity index is 2.08. The van der Waals surface area contributed by atoms with Crippen molar-refractivity contribution in [2.45, 2.75) is 6.36 Å². The van der Waals surface area contributed by atoms with E-state index in [2.05, 4.69) is 20.4 Å². The second-order valence-electron chi connectivity index (χ2n) is 4.17. The third-order valence-corrected chi connectivity index (χ3v) is 2.57. The van der Waals surface area contributed by atoms with Gasteiger partial charge in [0.2, 0.25) is 5.95 Å². The van der Waals surface area contributed by atoms with Gasteiger partial charge >= 0.3 is 12.4 Å². The molecule has 2 N–H and O–H groups in total. The summed E-state index contributed by atoms with van der Waals surface area (Å²) in [7, 11) is 0. The lowest BCUT2D eigenvalue weighted by atomic mass is 10.3. The van der Waals surface area contributed by atoms with Gasteiger partial charge in [-0.1, -0.05) is 11.6 Å². The first-order valence-corrected chi connectivity index (χ1v) is 6.35. The second-order valence-corrected chi connectivity index (χ2v) is 4.61. The van der Waals surface area contributed by atoms with Crippen LogP contribution >= 0.6 is 11.6 Å². The maximum Gasteiger partial charge on any atom is 0.573 e. The average Bonchev–Trinajstić information content (AvgIpc) is 2.35. The number of ether oxygens (including phenoxy) is 1. The van der Waals surface area contributed by atoms with Crippen LogP contribution in [-0.4, -0.2) is 17.4 Å². The van der Waals surface area contributed by atoms with Crippen LogP contribution < -0.4 is 15.4 Å². The molecular formula is C13H8ClF4N3O2. The van der Waals surface area contributed by atoms with Crippen molar-refractivity contribution in [2.24, 2.45) is 0 Å². The highest BCUT2D eigenvalue weighted by Gasteiger charge is 2.31. The molecule has 0 bridgehead atoms. The fraction of sp³-hybridized carbons (Fsp3) is 0.0769. The molecule has 0 radical (unpaired) electrons. The number of pyridine rings is 1. The van der Waals surface area contributed by atoms with Crippen molar-refractivity contribution >= 4 is 29.0 Å². The largest absolute Gasteiger partial charge is 0.573 e. The molecule has 1 aromatic carbocycles. The van der Waals surface area contributed by atoms with Gasteiger partial charge in [-0.05, 0) is 18.2 Å². The molecule has 1 aromatic heterocycles. The molecule has 0 unspecified atom stereocenters. The van der Waals surface area contributed by atoms with Crippen LogP contribution in [0.4, 0.5) is 33.7 Å². The summed E-state index contributed by atoms with van der Waals surface area (Å²) in [6, 6.07) is 4.59. The van der Waals surface area contributed by atoms with Gasteiger partial charge in [0.15, 0.2) is 0 Å². The summed E-state index contributed by atoms with van der Waals surface area (Å²) >= 11 is 5.67. The fourth-order valence-electron chi connectivity index (χ4n) is 1.60. The number of anilines is 2. The quantitative estimate of drug-likeness (QED) is 0.637. The van der Waals surface area contributed by atoms with Crippen LogP contribution in [0.2, 0.25) is 5.02 Å². The third kappa shape index (κ3) is 5.62. The minimum Gasteiger partial charge on any atom is -0.406 e. The molecule has 23 heavy (non-hydrogen) atoms. The van der Waals surface area contributed by atoms with E-state index in [-0.39, 0.29) is 16.4 Å². The molecule has 0 aliphatic carbocycles. The Morgan fingerprint density at radius 1 is 1.13 bits per heavy atom. The Labute approximate surface area is 132 Å². The maximum atomic E-state index is 12.9. The summed E-state index contributed by atoms with van der Waals surface area (Å²) in [4.78, 5) is 15.0. The molecule has 10 heteroatoms. The molecule has 0 saturated carbocycles. The van der Waals surface area contributed by atoms with Crippen LogP contribution in [0, 0.1) is 5.95 Å². The zero-order chi connectivity index (χ0) is 17.0. The van der Waals surface area contributed by atoms with Gasteiger partial charge in [-0.2, -0.15) is 4.39 Å². The number of urea groups is 1. The lowest BCUT2D eigenvalue weighted by Gasteiger charge is -2.12. The van der Waals surface area contributed by atoms with Gasteiger partial charge in [0.05, 0.1) is 0 Å². The zero-order valence-corrected chi connectivity index (χ0v) is 11.9. The Bertz CT molecular complexity index is 725. The Hall–Kier alpha value is -2.55. The molecule has 0 saturated heterocycles. The topological polar surface area (TPSA) is 63.2 Å². The van der Waals surface area contributed by atoms with Crippen LogP contribution in [-0.2, 0) is 0 Å². The Kier molecular flexibility index (Phi) is 4.89. The summed E-state index contributed by atoms with van der Waals surface area (Å²) in [5.41, 5.74) is 0.0765. The van der Waals surface area contributed by atoms with Gasteiger partial charge in [-0.25, -0.2) is 9.78 Å². The molecule has 2 rings (SSSR count). The molecule has 0 spiro atoms. The van der Waals surface area contributed by atoms with Crippen molar-refractivity contribution in [2.75, 3.05) is 10.6 Å². The number of nitrogens with one attached hydrogen (secondary N) is 2. The number of rotatable bonds is 3. The molecule has 2 aromatic rings. The number of carbonyl (C=O) groups is 1. The molecule has 5 nitrogen and oxygen atoms in total. The Morgan fingerprint density at radius 3 is 2.48 bits per heavy atom. The minimum atomic E-state index is -4.89. The number of benzene rings is 1. The van der Waals surface area contributed by atoms with Crippen molar-refractivity contribution in [3.05, 3.63) is 47.5 Å². The van der Waals surface area contributed by atoms with Gasteiger partial charge in [-0.3, -0.25) is 0 Å². The number of halogens is 5. The number of hydrogen-bond donors (Lipinski definition) is 2. The van der Waals surface area contributed by atoms with Crippen molar-refractivity contribution in [1.82, 2.24) is 4.98 Å². The highest BCUT2D eigenvalue weighted by molar-refractivity contribution is 6.31. The zero-order valence-electron chi connectivity index (χ0n) is 11.1. The number of aromatic nitrogens is 1. The monoisotopic (exact) mass is 349 g/mol. The normalized spacial score (nSPS) is 11.0. The molecule has 122 valence electrons. The van der Waals surface area contributed by atoms with Crippen LogP contribution in [0.3, 0.4) is 0 Å². The molecule has 0 fully saturated rings. The number of hydrogen-bond acceptors (Lipinski definition) is 3. The molecular weight excluding hydrogens is 342 g/mol. The van der Waals surface area contributed by atoms with Crippen molar-refractivity contribution in [3.63, 3.8) is 0 Å². The minimum absolute atomic E-state index is 0.0382. The van der Waals surface area contributed by atoms with E-state index in [1.807, 2.05) is 0 Å². The number of nitrogens with zero attached hydrogens (tertiary/aromatic N) is 1. The summed E-state index contributed by atoms with van der Waals surface area (Å²) in [6.45, 7) is 0. The number of carbonyl (C=O) groups excluding carboxylic acids is 1. The van der Waals surface area contributed by atoms with Gasteiger partial charge in [0.25, 0.3) is 0 Å². The van der Waals surface area contributed by atoms with Crippen molar-refractivity contribution in [1.29, 1.82) is 0 Å². The van der Waals surface area contributed by atoms with E-state index in [9.17, 15) is 22.4 Å². The van der Waals surface area contributed by atoms with Gasteiger partial charge in [0, 0.05) is 34.7 Å². The van der Waals surface area contributed by atoms with Gasteiger partial charge in [0.1, 0.15) is 5.75 Å². The fourth-order valence-corrected chi connectivity index (χ4v) is 1.83. The molecule has 0 atom stereocenters. The second kappa shape index (κ2) is 6.69. The Morgan fingerprint density at radius 2 is 1.83 bits per heavy atom. The predicted octanol–water partition coefficient (Wildman–Crippen LogP) is 4.42. The average molecular weight is 350 g/mol. The highest BCUT2D eigenvalue weighted by Crippen LogP contribution is 2.29. The lowest BCUT2D eigenvalue weighted by molar-refractivity contribution is -0.274. The van der Waals surface area contributed by atoms with Crippen molar-refractivity contribution in [3.8, 4) is 5.75 Å². The van der Waals surface area contributed by atoms with Crippen molar-refractivity contribution < 1.29 is 27.1 Å². The molecule has 0 aliphatic heterocycles. The van der Waals surface area contributed by atoms with E-state index >= 15 is 0 Å². The van der Waals surface area contributed by atoms with E-state index in [1.165, 1.54) is 12.1 Å². The SMILES string of the molecule is O=C(Nc1cc(Cl)cc(OC(F)(F)F)c1)Nc1ccnc(F)c1. The first-order valence-electron chi connectivity index (χ1n) is 5.97. The summed E-state index contributed by atoms with van der Waals surface area (Å²) in [6.07, 6.45) is -3.75. The van der Waals surface area contributed by atoms with Crippen LogP contribution in [0.5, 0.6) is 5.75 Å². The summed E-state index contributed by atoms with van der Waals surface area (Å²) in [5, 5.41) is 4.46. The first kappa shape index (κ1) is 16.8. The molecule has 2 amide bonds. The smallest absolute Gasteiger partial charge is 0.406 e. The summed E-state index contributed by atoms with van der Waals surface area (Å²) in [5.74, 6) is -1.39. The third-order valence-electron chi connectivity index (χ3n) is 2.35. The van der Waals surface area contributed by atoms with Crippen LogP contribution in [0.15, 0.2) is 36.5 Å². The van der Waals surface area contributed by atoms with Crippen LogP contribution in [0.1, 0.15) is 0 Å². The number of alkyl halides is 3.